The van der Waals surface area contributed by atoms with E-state index in [1.165, 1.54) is 12.3 Å². The lowest BCUT2D eigenvalue weighted by molar-refractivity contribution is -0.119. The monoisotopic (exact) mass is 369 g/mol. The van der Waals surface area contributed by atoms with E-state index in [0.717, 1.165) is 25.9 Å². The molecule has 0 aromatic carbocycles. The molecular weight excluding hydrogens is 349 g/mol. The highest BCUT2D eigenvalue weighted by Crippen LogP contribution is 2.20. The number of halogens is 1. The third-order valence-corrected chi connectivity index (χ3v) is 4.59. The second-order valence-corrected chi connectivity index (χ2v) is 6.67. The van der Waals surface area contributed by atoms with E-state index in [1.54, 1.807) is 28.9 Å². The van der Waals surface area contributed by atoms with Crippen LogP contribution in [0.5, 0.6) is 0 Å². The highest BCUT2D eigenvalue weighted by Gasteiger charge is 2.21. The maximum absolute atomic E-state index is 13.6. The molecule has 27 heavy (non-hydrogen) atoms. The van der Waals surface area contributed by atoms with Crippen LogP contribution >= 0.6 is 0 Å². The van der Waals surface area contributed by atoms with Crippen LogP contribution in [-0.4, -0.2) is 55.8 Å². The molecule has 8 nitrogen and oxygen atoms in total. The maximum atomic E-state index is 13.6. The summed E-state index contributed by atoms with van der Waals surface area (Å²) in [5.41, 5.74) is 6.54. The van der Waals surface area contributed by atoms with Gasteiger partial charge in [0.1, 0.15) is 23.0 Å². The first-order chi connectivity index (χ1) is 13.1. The lowest BCUT2D eigenvalue weighted by Gasteiger charge is -2.32. The summed E-state index contributed by atoms with van der Waals surface area (Å²) in [5, 5.41) is 3.40. The topological polar surface area (TPSA) is 101 Å². The summed E-state index contributed by atoms with van der Waals surface area (Å²) in [7, 11) is 0. The number of likely N-dealkylation sites (tertiary alicyclic amines) is 1. The summed E-state index contributed by atoms with van der Waals surface area (Å²) in [6, 6.07) is 4.93. The Kier molecular flexibility index (Phi) is 4.68. The molecule has 1 aliphatic rings. The predicted octanol–water partition coefficient (Wildman–Crippen LogP) is 1.29. The molecule has 0 unspecified atom stereocenters. The Balaban J connectivity index is 1.54. The van der Waals surface area contributed by atoms with Gasteiger partial charge in [0.15, 0.2) is 5.82 Å². The fraction of sp³-hybridized carbons (Fsp3) is 0.333. The normalized spacial score (nSPS) is 17.9. The number of carbonyl (C=O) groups is 1. The Morgan fingerprint density at radius 2 is 2.22 bits per heavy atom. The van der Waals surface area contributed by atoms with E-state index >= 15 is 0 Å². The van der Waals surface area contributed by atoms with Crippen LogP contribution in [0.4, 0.5) is 10.2 Å². The number of nitrogens with two attached hydrogens (primary N) is 1. The van der Waals surface area contributed by atoms with E-state index in [0.29, 0.717) is 23.0 Å². The fourth-order valence-electron chi connectivity index (χ4n) is 3.43. The predicted molar refractivity (Wildman–Crippen MR) is 98.5 cm³/mol. The second-order valence-electron chi connectivity index (χ2n) is 6.67. The third-order valence-electron chi connectivity index (χ3n) is 4.59. The minimum atomic E-state index is -0.354. The average molecular weight is 369 g/mol. The zero-order valence-corrected chi connectivity index (χ0v) is 14.7. The van der Waals surface area contributed by atoms with Crippen molar-refractivity contribution in [3.63, 3.8) is 0 Å². The van der Waals surface area contributed by atoms with Gasteiger partial charge in [-0.25, -0.2) is 19.3 Å². The highest BCUT2D eigenvalue weighted by molar-refractivity contribution is 5.75. The number of fused-ring (bicyclic) bond motifs is 1. The molecule has 4 rings (SSSR count). The number of rotatable bonds is 5. The molecule has 0 spiro atoms. The molecule has 4 heterocycles. The first kappa shape index (κ1) is 17.3. The largest absolute Gasteiger partial charge is 0.369 e. The Hall–Kier alpha value is -3.07. The number of nitrogens with zero attached hydrogens (tertiary/aromatic N) is 5. The maximum Gasteiger partial charge on any atom is 0.231 e. The van der Waals surface area contributed by atoms with E-state index in [4.69, 9.17) is 5.73 Å². The number of pyridine rings is 1. The average Bonchev–Trinajstić information content (AvgIpc) is 3.05. The number of primary amides is 1. The number of aromatic nitrogens is 4. The first-order valence-corrected chi connectivity index (χ1v) is 8.82. The molecule has 140 valence electrons. The van der Waals surface area contributed by atoms with Crippen molar-refractivity contribution in [2.45, 2.75) is 18.9 Å². The van der Waals surface area contributed by atoms with Crippen LogP contribution in [0.3, 0.4) is 0 Å². The van der Waals surface area contributed by atoms with Crippen LogP contribution in [0, 0.1) is 5.82 Å². The number of imidazole rings is 1. The molecule has 1 amide bonds. The SMILES string of the molecule is NC(=O)CN1CCC[C@H](Nc2ccnc(-c3cnc4ccc(F)cn34)n2)C1. The number of piperidine rings is 1. The van der Waals surface area contributed by atoms with Crippen LogP contribution in [-0.2, 0) is 4.79 Å². The van der Waals surface area contributed by atoms with Crippen molar-refractivity contribution in [2.75, 3.05) is 25.0 Å². The van der Waals surface area contributed by atoms with Crippen molar-refractivity contribution in [2.24, 2.45) is 5.73 Å². The smallest absolute Gasteiger partial charge is 0.231 e. The standard InChI is InChI=1S/C18H20FN7O/c19-12-3-4-17-22-8-14(26(17)9-12)18-21-6-5-16(24-18)23-13-2-1-7-25(10-13)11-15(20)27/h3-6,8-9,13H,1-2,7,10-11H2,(H2,20,27)(H,21,23,24)/t13-/m0/s1. The molecule has 0 bridgehead atoms. The molecule has 1 fully saturated rings. The molecule has 0 radical (unpaired) electrons. The molecule has 0 saturated carbocycles. The molecule has 1 saturated heterocycles. The van der Waals surface area contributed by atoms with Crippen LogP contribution in [0.1, 0.15) is 12.8 Å². The van der Waals surface area contributed by atoms with E-state index in [9.17, 15) is 9.18 Å². The first-order valence-electron chi connectivity index (χ1n) is 8.82. The van der Waals surface area contributed by atoms with Crippen molar-refractivity contribution in [3.8, 4) is 11.5 Å². The van der Waals surface area contributed by atoms with Crippen molar-refractivity contribution >= 4 is 17.4 Å². The molecular formula is C18H20FN7O. The van der Waals surface area contributed by atoms with Gasteiger partial charge in [-0.05, 0) is 37.6 Å². The van der Waals surface area contributed by atoms with Gasteiger partial charge in [0.05, 0.1) is 12.7 Å². The third kappa shape index (κ3) is 3.87. The minimum absolute atomic E-state index is 0.167. The number of nitrogens with one attached hydrogen (secondary N) is 1. The molecule has 3 aromatic rings. The minimum Gasteiger partial charge on any atom is -0.369 e. The van der Waals surface area contributed by atoms with Gasteiger partial charge in [0.2, 0.25) is 5.91 Å². The zero-order valence-electron chi connectivity index (χ0n) is 14.7. The summed E-state index contributed by atoms with van der Waals surface area (Å²) in [6.45, 7) is 1.85. The molecule has 3 aromatic heterocycles. The Morgan fingerprint density at radius 1 is 1.33 bits per heavy atom. The van der Waals surface area contributed by atoms with Gasteiger partial charge in [-0.3, -0.25) is 14.1 Å². The van der Waals surface area contributed by atoms with Gasteiger partial charge < -0.3 is 11.1 Å². The van der Waals surface area contributed by atoms with Crippen LogP contribution < -0.4 is 11.1 Å². The number of anilines is 1. The Bertz CT molecular complexity index is 973. The summed E-state index contributed by atoms with van der Waals surface area (Å²) in [4.78, 5) is 26.3. The van der Waals surface area contributed by atoms with Gasteiger partial charge in [0, 0.05) is 25.0 Å². The number of hydrogen-bond acceptors (Lipinski definition) is 6. The number of carbonyl (C=O) groups excluding carboxylic acids is 1. The summed E-state index contributed by atoms with van der Waals surface area (Å²) in [6.07, 6.45) is 6.62. The van der Waals surface area contributed by atoms with E-state index < -0.39 is 0 Å². The molecule has 9 heteroatoms. The summed E-state index contributed by atoms with van der Waals surface area (Å²) in [5.74, 6) is 0.466. The van der Waals surface area contributed by atoms with E-state index in [1.807, 2.05) is 4.90 Å². The number of hydrogen-bond donors (Lipinski definition) is 2. The van der Waals surface area contributed by atoms with Crippen LogP contribution in [0.2, 0.25) is 0 Å². The van der Waals surface area contributed by atoms with Gasteiger partial charge in [-0.1, -0.05) is 0 Å². The Morgan fingerprint density at radius 3 is 3.07 bits per heavy atom. The van der Waals surface area contributed by atoms with Gasteiger partial charge in [-0.2, -0.15) is 0 Å². The summed E-state index contributed by atoms with van der Waals surface area (Å²) < 4.78 is 15.2. The van der Waals surface area contributed by atoms with Gasteiger partial charge in [0.25, 0.3) is 0 Å². The Labute approximate surface area is 155 Å². The van der Waals surface area contributed by atoms with Crippen LogP contribution in [0.25, 0.3) is 17.2 Å². The molecule has 1 atom stereocenters. The summed E-state index contributed by atoms with van der Waals surface area (Å²) >= 11 is 0. The highest BCUT2D eigenvalue weighted by atomic mass is 19.1. The van der Waals surface area contributed by atoms with Crippen molar-refractivity contribution in [3.05, 3.63) is 42.6 Å². The number of amides is 1. The quantitative estimate of drug-likeness (QED) is 0.703. The lowest BCUT2D eigenvalue weighted by atomic mass is 10.1. The van der Waals surface area contributed by atoms with E-state index in [2.05, 4.69) is 20.3 Å². The van der Waals surface area contributed by atoms with Gasteiger partial charge in [-0.15, -0.1) is 0 Å². The van der Waals surface area contributed by atoms with Crippen molar-refractivity contribution in [1.29, 1.82) is 0 Å². The molecule has 3 N–H and O–H groups in total. The van der Waals surface area contributed by atoms with E-state index in [-0.39, 0.29) is 24.3 Å². The second kappa shape index (κ2) is 7.28. The lowest BCUT2D eigenvalue weighted by Crippen LogP contribution is -2.45. The van der Waals surface area contributed by atoms with Gasteiger partial charge >= 0.3 is 0 Å². The zero-order chi connectivity index (χ0) is 18.8. The van der Waals surface area contributed by atoms with Crippen molar-refractivity contribution < 1.29 is 9.18 Å². The molecule has 1 aliphatic heterocycles. The molecule has 0 aliphatic carbocycles. The van der Waals surface area contributed by atoms with Crippen molar-refractivity contribution in [1.82, 2.24) is 24.3 Å². The van der Waals surface area contributed by atoms with Crippen LogP contribution in [0.15, 0.2) is 36.8 Å². The fourth-order valence-corrected chi connectivity index (χ4v) is 3.43.